The van der Waals surface area contributed by atoms with Gasteiger partial charge in [0, 0.05) is 12.2 Å². The molecule has 3 aromatic rings. The van der Waals surface area contributed by atoms with Crippen LogP contribution in [0.5, 0.6) is 11.5 Å². The Bertz CT molecular complexity index is 909. The minimum atomic E-state index is -0.229. The van der Waals surface area contributed by atoms with E-state index in [0.29, 0.717) is 24.5 Å². The number of carbonyl (C=O) groups is 1. The normalized spacial score (nSPS) is 10.2. The van der Waals surface area contributed by atoms with Crippen LogP contribution < -0.4 is 20.1 Å². The highest BCUT2D eigenvalue weighted by molar-refractivity contribution is 5.89. The lowest BCUT2D eigenvalue weighted by Crippen LogP contribution is -2.30. The van der Waals surface area contributed by atoms with Crippen molar-refractivity contribution in [2.24, 2.45) is 0 Å². The smallest absolute Gasteiger partial charge is 0.319 e. The molecule has 0 fully saturated rings. The topological polar surface area (TPSA) is 59.6 Å². The zero-order chi connectivity index (χ0) is 19.8. The highest BCUT2D eigenvalue weighted by Crippen LogP contribution is 2.27. The Morgan fingerprint density at radius 2 is 1.50 bits per heavy atom. The van der Waals surface area contributed by atoms with Gasteiger partial charge in [0.25, 0.3) is 0 Å². The van der Waals surface area contributed by atoms with Crippen LogP contribution in [0.3, 0.4) is 0 Å². The van der Waals surface area contributed by atoms with Gasteiger partial charge in [0.1, 0.15) is 0 Å². The van der Waals surface area contributed by atoms with Gasteiger partial charge >= 0.3 is 6.03 Å². The van der Waals surface area contributed by atoms with Crippen LogP contribution in [-0.2, 0) is 6.42 Å². The largest absolute Gasteiger partial charge is 0.493 e. The maximum atomic E-state index is 12.1. The van der Waals surface area contributed by atoms with E-state index in [1.807, 2.05) is 60.7 Å². The lowest BCUT2D eigenvalue weighted by atomic mass is 10.1. The summed E-state index contributed by atoms with van der Waals surface area (Å²) >= 11 is 0. The second-order valence-electron chi connectivity index (χ2n) is 6.26. The van der Waals surface area contributed by atoms with E-state index < -0.39 is 0 Å². The van der Waals surface area contributed by atoms with Crippen molar-refractivity contribution in [3.05, 3.63) is 78.4 Å². The van der Waals surface area contributed by atoms with Crippen LogP contribution in [-0.4, -0.2) is 26.8 Å². The summed E-state index contributed by atoms with van der Waals surface area (Å²) in [6, 6.07) is 23.4. The number of nitrogens with one attached hydrogen (secondary N) is 2. The maximum absolute atomic E-state index is 12.1. The van der Waals surface area contributed by atoms with Crippen molar-refractivity contribution >= 4 is 11.7 Å². The molecular weight excluding hydrogens is 352 g/mol. The number of ether oxygens (including phenoxy) is 2. The minimum absolute atomic E-state index is 0.229. The molecule has 0 spiro atoms. The number of hydrogen-bond acceptors (Lipinski definition) is 3. The fourth-order valence-electron chi connectivity index (χ4n) is 2.91. The van der Waals surface area contributed by atoms with Gasteiger partial charge in [-0.1, -0.05) is 48.5 Å². The third-order valence-corrected chi connectivity index (χ3v) is 4.40. The van der Waals surface area contributed by atoms with E-state index in [9.17, 15) is 4.79 Å². The third kappa shape index (κ3) is 5.04. The first kappa shape index (κ1) is 19.3. The summed E-state index contributed by atoms with van der Waals surface area (Å²) < 4.78 is 10.5. The number of urea groups is 1. The number of carbonyl (C=O) groups excluding carboxylic acids is 1. The molecule has 0 radical (unpaired) electrons. The molecule has 2 amide bonds. The molecule has 3 aromatic carbocycles. The van der Waals surface area contributed by atoms with E-state index in [2.05, 4.69) is 22.8 Å². The minimum Gasteiger partial charge on any atom is -0.493 e. The predicted molar refractivity (Wildman–Crippen MR) is 112 cm³/mol. The van der Waals surface area contributed by atoms with Crippen LogP contribution in [0.15, 0.2) is 72.8 Å². The van der Waals surface area contributed by atoms with Gasteiger partial charge in [0.15, 0.2) is 11.5 Å². The van der Waals surface area contributed by atoms with Gasteiger partial charge in [-0.3, -0.25) is 0 Å². The van der Waals surface area contributed by atoms with Crippen molar-refractivity contribution in [2.75, 3.05) is 26.1 Å². The quantitative estimate of drug-likeness (QED) is 0.626. The van der Waals surface area contributed by atoms with Crippen LogP contribution in [0.1, 0.15) is 5.56 Å². The Balaban J connectivity index is 1.49. The van der Waals surface area contributed by atoms with Crippen LogP contribution in [0, 0.1) is 0 Å². The summed E-state index contributed by atoms with van der Waals surface area (Å²) in [5.41, 5.74) is 4.07. The zero-order valence-corrected chi connectivity index (χ0v) is 16.1. The molecule has 0 aromatic heterocycles. The Hall–Kier alpha value is -3.47. The SMILES string of the molecule is COc1ccc(CCNC(=O)Nc2ccc(-c3ccccc3)cc2)cc1OC. The molecule has 0 bridgehead atoms. The summed E-state index contributed by atoms with van der Waals surface area (Å²) in [5.74, 6) is 1.37. The van der Waals surface area contributed by atoms with Gasteiger partial charge in [-0.15, -0.1) is 0 Å². The highest BCUT2D eigenvalue weighted by atomic mass is 16.5. The molecule has 0 saturated carbocycles. The molecule has 2 N–H and O–H groups in total. The second kappa shape index (κ2) is 9.46. The highest BCUT2D eigenvalue weighted by Gasteiger charge is 2.06. The van der Waals surface area contributed by atoms with E-state index in [1.54, 1.807) is 14.2 Å². The molecule has 0 saturated heterocycles. The van der Waals surface area contributed by atoms with E-state index in [1.165, 1.54) is 0 Å². The van der Waals surface area contributed by atoms with Crippen molar-refractivity contribution in [1.82, 2.24) is 5.32 Å². The Morgan fingerprint density at radius 3 is 2.18 bits per heavy atom. The van der Waals surface area contributed by atoms with E-state index in [-0.39, 0.29) is 6.03 Å². The van der Waals surface area contributed by atoms with Crippen molar-refractivity contribution < 1.29 is 14.3 Å². The zero-order valence-electron chi connectivity index (χ0n) is 16.1. The lowest BCUT2D eigenvalue weighted by Gasteiger charge is -2.11. The van der Waals surface area contributed by atoms with E-state index in [0.717, 1.165) is 22.4 Å². The van der Waals surface area contributed by atoms with Crippen LogP contribution in [0.25, 0.3) is 11.1 Å². The molecule has 0 aliphatic rings. The average molecular weight is 376 g/mol. The fraction of sp³-hybridized carbons (Fsp3) is 0.174. The fourth-order valence-corrected chi connectivity index (χ4v) is 2.91. The van der Waals surface area contributed by atoms with Gasteiger partial charge in [0.05, 0.1) is 14.2 Å². The summed E-state index contributed by atoms with van der Waals surface area (Å²) in [6.45, 7) is 0.517. The molecule has 144 valence electrons. The lowest BCUT2D eigenvalue weighted by molar-refractivity contribution is 0.252. The average Bonchev–Trinajstić information content (AvgIpc) is 2.74. The van der Waals surface area contributed by atoms with Crippen LogP contribution >= 0.6 is 0 Å². The Kier molecular flexibility index (Phi) is 6.52. The van der Waals surface area contributed by atoms with Gasteiger partial charge in [-0.2, -0.15) is 0 Å². The standard InChI is InChI=1S/C23H24N2O3/c1-27-21-13-8-17(16-22(21)28-2)14-15-24-23(26)25-20-11-9-19(10-12-20)18-6-4-3-5-7-18/h3-13,16H,14-15H2,1-2H3,(H2,24,25,26). The molecule has 0 unspecified atom stereocenters. The summed E-state index contributed by atoms with van der Waals surface area (Å²) in [5, 5.41) is 5.72. The third-order valence-electron chi connectivity index (χ3n) is 4.40. The molecule has 0 aliphatic heterocycles. The number of anilines is 1. The molecule has 0 atom stereocenters. The van der Waals surface area contributed by atoms with Crippen molar-refractivity contribution in [3.8, 4) is 22.6 Å². The summed E-state index contributed by atoms with van der Waals surface area (Å²) in [7, 11) is 3.21. The van der Waals surface area contributed by atoms with Crippen LogP contribution in [0.2, 0.25) is 0 Å². The molecular formula is C23H24N2O3. The second-order valence-corrected chi connectivity index (χ2v) is 6.26. The van der Waals surface area contributed by atoms with Crippen LogP contribution in [0.4, 0.5) is 10.5 Å². The molecule has 3 rings (SSSR count). The molecule has 0 aliphatic carbocycles. The number of methoxy groups -OCH3 is 2. The Morgan fingerprint density at radius 1 is 0.821 bits per heavy atom. The van der Waals surface area contributed by atoms with Crippen molar-refractivity contribution in [1.29, 1.82) is 0 Å². The van der Waals surface area contributed by atoms with Gasteiger partial charge < -0.3 is 20.1 Å². The van der Waals surface area contributed by atoms with E-state index in [4.69, 9.17) is 9.47 Å². The predicted octanol–water partition coefficient (Wildman–Crippen LogP) is 4.74. The first-order valence-electron chi connectivity index (χ1n) is 9.11. The summed E-state index contributed by atoms with van der Waals surface area (Å²) in [6.07, 6.45) is 0.695. The van der Waals surface area contributed by atoms with Gasteiger partial charge in [-0.25, -0.2) is 4.79 Å². The molecule has 28 heavy (non-hydrogen) atoms. The van der Waals surface area contributed by atoms with Crippen molar-refractivity contribution in [2.45, 2.75) is 6.42 Å². The first-order valence-corrected chi connectivity index (χ1v) is 9.11. The molecule has 5 nitrogen and oxygen atoms in total. The number of rotatable bonds is 7. The number of benzene rings is 3. The number of hydrogen-bond donors (Lipinski definition) is 2. The molecule has 0 heterocycles. The summed E-state index contributed by atoms with van der Waals surface area (Å²) in [4.78, 5) is 12.1. The van der Waals surface area contributed by atoms with E-state index >= 15 is 0 Å². The van der Waals surface area contributed by atoms with Gasteiger partial charge in [-0.05, 0) is 47.4 Å². The van der Waals surface area contributed by atoms with Gasteiger partial charge in [0.2, 0.25) is 0 Å². The number of amides is 2. The monoisotopic (exact) mass is 376 g/mol. The first-order chi connectivity index (χ1) is 13.7. The van der Waals surface area contributed by atoms with Crippen molar-refractivity contribution in [3.63, 3.8) is 0 Å². The Labute approximate surface area is 165 Å². The maximum Gasteiger partial charge on any atom is 0.319 e. The molecule has 5 heteroatoms.